The molecular weight excluding hydrogens is 408 g/mol. The zero-order chi connectivity index (χ0) is 22.7. The largest absolute Gasteiger partial charge is 0.453 e. The van der Waals surface area contributed by atoms with Crippen molar-refractivity contribution >= 4 is 29.2 Å². The highest BCUT2D eigenvalue weighted by molar-refractivity contribution is 6.01. The third-order valence-corrected chi connectivity index (χ3v) is 4.56. The minimum atomic E-state index is -0.658. The van der Waals surface area contributed by atoms with E-state index in [0.29, 0.717) is 28.6 Å². The van der Waals surface area contributed by atoms with Gasteiger partial charge in [0.15, 0.2) is 11.5 Å². The summed E-state index contributed by atoms with van der Waals surface area (Å²) in [6.07, 6.45) is -1.11. The Kier molecular flexibility index (Phi) is 5.73. The Morgan fingerprint density at radius 1 is 0.906 bits per heavy atom. The van der Waals surface area contributed by atoms with Gasteiger partial charge in [-0.1, -0.05) is 42.5 Å². The molecule has 0 unspecified atom stereocenters. The van der Waals surface area contributed by atoms with E-state index >= 15 is 0 Å². The highest BCUT2D eigenvalue weighted by atomic mass is 16.6. The van der Waals surface area contributed by atoms with Crippen LogP contribution in [0.15, 0.2) is 72.8 Å². The van der Waals surface area contributed by atoms with E-state index in [2.05, 4.69) is 5.32 Å². The van der Waals surface area contributed by atoms with Crippen LogP contribution in [0.3, 0.4) is 0 Å². The average molecular weight is 432 g/mol. The minimum Gasteiger partial charge on any atom is -0.453 e. The number of para-hydroxylation sites is 2. The third kappa shape index (κ3) is 4.83. The first kappa shape index (κ1) is 21.2. The summed E-state index contributed by atoms with van der Waals surface area (Å²) >= 11 is 0. The molecule has 1 heterocycles. The number of carbonyl (C=O) groups excluding carboxylic acids is 2. The van der Waals surface area contributed by atoms with Crippen molar-refractivity contribution in [1.29, 1.82) is 0 Å². The van der Waals surface area contributed by atoms with Crippen LogP contribution in [0.1, 0.15) is 26.3 Å². The Bertz CT molecular complexity index is 1140. The van der Waals surface area contributed by atoms with E-state index < -0.39 is 17.8 Å². The number of nitrogens with one attached hydrogen (secondary N) is 1. The lowest BCUT2D eigenvalue weighted by Gasteiger charge is -2.32. The second kappa shape index (κ2) is 8.63. The van der Waals surface area contributed by atoms with Gasteiger partial charge < -0.3 is 14.2 Å². The number of ether oxygens (including phenoxy) is 3. The van der Waals surface area contributed by atoms with E-state index in [9.17, 15) is 9.59 Å². The SMILES string of the molecule is CC(C)(C)OC(=O)N1c2ccccc2Oc2cc(NC(=O)OCc3ccccc3)ccc21. The van der Waals surface area contributed by atoms with Gasteiger partial charge in [0.05, 0.1) is 11.4 Å². The molecule has 0 aliphatic carbocycles. The van der Waals surface area contributed by atoms with Crippen LogP contribution in [0.25, 0.3) is 0 Å². The lowest BCUT2D eigenvalue weighted by Crippen LogP contribution is -2.35. The molecule has 1 N–H and O–H groups in total. The van der Waals surface area contributed by atoms with Gasteiger partial charge in [0.25, 0.3) is 0 Å². The zero-order valence-electron chi connectivity index (χ0n) is 18.1. The molecule has 7 nitrogen and oxygen atoms in total. The Morgan fingerprint density at radius 3 is 2.34 bits per heavy atom. The molecule has 0 radical (unpaired) electrons. The lowest BCUT2D eigenvalue weighted by molar-refractivity contribution is 0.0596. The summed E-state index contributed by atoms with van der Waals surface area (Å²) in [7, 11) is 0. The predicted octanol–water partition coefficient (Wildman–Crippen LogP) is 6.61. The van der Waals surface area contributed by atoms with Gasteiger partial charge in [0.2, 0.25) is 0 Å². The maximum Gasteiger partial charge on any atom is 0.419 e. The van der Waals surface area contributed by atoms with Gasteiger partial charge in [-0.25, -0.2) is 14.5 Å². The molecule has 0 atom stereocenters. The number of nitrogens with zero attached hydrogens (tertiary/aromatic N) is 1. The molecule has 1 aliphatic rings. The molecular formula is C25H24N2O5. The van der Waals surface area contributed by atoms with Crippen molar-refractivity contribution in [3.05, 3.63) is 78.4 Å². The normalized spacial score (nSPS) is 12.2. The average Bonchev–Trinajstić information content (AvgIpc) is 2.75. The van der Waals surface area contributed by atoms with Crippen molar-refractivity contribution in [3.63, 3.8) is 0 Å². The molecule has 0 saturated carbocycles. The van der Waals surface area contributed by atoms with Crippen LogP contribution < -0.4 is 15.0 Å². The Balaban J connectivity index is 1.55. The van der Waals surface area contributed by atoms with E-state index in [1.165, 1.54) is 4.90 Å². The van der Waals surface area contributed by atoms with E-state index in [4.69, 9.17) is 14.2 Å². The predicted molar refractivity (Wildman–Crippen MR) is 122 cm³/mol. The molecule has 0 bridgehead atoms. The first-order valence-electron chi connectivity index (χ1n) is 10.2. The summed E-state index contributed by atoms with van der Waals surface area (Å²) in [5.41, 5.74) is 1.80. The van der Waals surface area contributed by atoms with Crippen molar-refractivity contribution < 1.29 is 23.8 Å². The molecule has 32 heavy (non-hydrogen) atoms. The maximum atomic E-state index is 13.0. The second-order valence-corrected chi connectivity index (χ2v) is 8.25. The zero-order valence-corrected chi connectivity index (χ0v) is 18.1. The highest BCUT2D eigenvalue weighted by Gasteiger charge is 2.32. The van der Waals surface area contributed by atoms with E-state index in [1.54, 1.807) is 30.3 Å². The van der Waals surface area contributed by atoms with Crippen LogP contribution in [0.4, 0.5) is 26.7 Å². The van der Waals surface area contributed by atoms with Crippen molar-refractivity contribution in [3.8, 4) is 11.5 Å². The standard InChI is InChI=1S/C25H24N2O5/c1-25(2,3)32-24(29)27-19-11-7-8-12-21(19)31-22-15-18(13-14-20(22)27)26-23(28)30-16-17-9-5-4-6-10-17/h4-15H,16H2,1-3H3,(H,26,28). The number of hydrogen-bond acceptors (Lipinski definition) is 5. The molecule has 1 aliphatic heterocycles. The van der Waals surface area contributed by atoms with Gasteiger partial charge >= 0.3 is 12.2 Å². The van der Waals surface area contributed by atoms with Crippen LogP contribution in [0.2, 0.25) is 0 Å². The van der Waals surface area contributed by atoms with E-state index in [1.807, 2.05) is 63.2 Å². The second-order valence-electron chi connectivity index (χ2n) is 8.25. The molecule has 3 aromatic rings. The maximum absolute atomic E-state index is 13.0. The third-order valence-electron chi connectivity index (χ3n) is 4.56. The van der Waals surface area contributed by atoms with Crippen LogP contribution in [0.5, 0.6) is 11.5 Å². The molecule has 0 spiro atoms. The summed E-state index contributed by atoms with van der Waals surface area (Å²) in [6.45, 7) is 5.60. The van der Waals surface area contributed by atoms with Crippen LogP contribution in [-0.2, 0) is 16.1 Å². The highest BCUT2D eigenvalue weighted by Crippen LogP contribution is 2.47. The van der Waals surface area contributed by atoms with Crippen molar-refractivity contribution in [1.82, 2.24) is 0 Å². The van der Waals surface area contributed by atoms with Gasteiger partial charge in [-0.05, 0) is 50.6 Å². The molecule has 0 saturated heterocycles. The van der Waals surface area contributed by atoms with Crippen molar-refractivity contribution in [2.75, 3.05) is 10.2 Å². The monoisotopic (exact) mass is 432 g/mol. The van der Waals surface area contributed by atoms with Crippen molar-refractivity contribution in [2.45, 2.75) is 33.0 Å². The number of amides is 2. The summed E-state index contributed by atoms with van der Waals surface area (Å²) in [5, 5.41) is 2.69. The summed E-state index contributed by atoms with van der Waals surface area (Å²) in [4.78, 5) is 26.7. The molecule has 0 fully saturated rings. The molecule has 3 aromatic carbocycles. The topological polar surface area (TPSA) is 77.1 Å². The van der Waals surface area contributed by atoms with Crippen molar-refractivity contribution in [2.24, 2.45) is 0 Å². The first-order chi connectivity index (χ1) is 15.3. The van der Waals surface area contributed by atoms with Gasteiger partial charge in [0, 0.05) is 11.8 Å². The summed E-state index contributed by atoms with van der Waals surface area (Å²) in [6, 6.07) is 21.6. The van der Waals surface area contributed by atoms with E-state index in [0.717, 1.165) is 5.56 Å². The van der Waals surface area contributed by atoms with E-state index in [-0.39, 0.29) is 6.61 Å². The number of fused-ring (bicyclic) bond motifs is 2. The molecule has 164 valence electrons. The number of benzene rings is 3. The quantitative estimate of drug-likeness (QED) is 0.504. The number of anilines is 3. The first-order valence-corrected chi connectivity index (χ1v) is 10.2. The Labute approximate surface area is 186 Å². The Hall–Kier alpha value is -4.00. The fourth-order valence-corrected chi connectivity index (χ4v) is 3.22. The smallest absolute Gasteiger partial charge is 0.419 e. The number of hydrogen-bond donors (Lipinski definition) is 1. The summed E-state index contributed by atoms with van der Waals surface area (Å²) < 4.78 is 16.9. The van der Waals surface area contributed by atoms with Gasteiger partial charge in [0.1, 0.15) is 12.2 Å². The van der Waals surface area contributed by atoms with Gasteiger partial charge in [-0.15, -0.1) is 0 Å². The molecule has 2 amide bonds. The lowest BCUT2D eigenvalue weighted by atomic mass is 10.1. The number of carbonyl (C=O) groups is 2. The molecule has 0 aromatic heterocycles. The molecule has 7 heteroatoms. The van der Waals surface area contributed by atoms with Gasteiger partial charge in [-0.2, -0.15) is 0 Å². The summed E-state index contributed by atoms with van der Waals surface area (Å²) in [5.74, 6) is 0.921. The van der Waals surface area contributed by atoms with Gasteiger partial charge in [-0.3, -0.25) is 5.32 Å². The fraction of sp³-hybridized carbons (Fsp3) is 0.200. The fourth-order valence-electron chi connectivity index (χ4n) is 3.22. The van der Waals surface area contributed by atoms with Crippen LogP contribution in [-0.4, -0.2) is 17.8 Å². The molecule has 4 rings (SSSR count). The minimum absolute atomic E-state index is 0.161. The Morgan fingerprint density at radius 2 is 1.59 bits per heavy atom. The number of rotatable bonds is 3. The van der Waals surface area contributed by atoms with Crippen LogP contribution >= 0.6 is 0 Å². The van der Waals surface area contributed by atoms with Crippen LogP contribution in [0, 0.1) is 0 Å².